The van der Waals surface area contributed by atoms with Gasteiger partial charge in [0.25, 0.3) is 0 Å². The zero-order valence-corrected chi connectivity index (χ0v) is 11.6. The summed E-state index contributed by atoms with van der Waals surface area (Å²) in [5.74, 6) is 0.282. The maximum Gasteiger partial charge on any atom is 0.115 e. The molecule has 0 saturated heterocycles. The molecule has 0 aliphatic rings. The maximum absolute atomic E-state index is 9.49. The molecule has 3 heteroatoms. The first kappa shape index (κ1) is 12.0. The van der Waals surface area contributed by atoms with Crippen molar-refractivity contribution in [3.63, 3.8) is 0 Å². The molecule has 1 heterocycles. The highest BCUT2D eigenvalue weighted by Gasteiger charge is 2.10. The number of hydrogen-bond acceptors (Lipinski definition) is 2. The number of aryl methyl sites for hydroxylation is 1. The molecule has 0 radical (unpaired) electrons. The van der Waals surface area contributed by atoms with Crippen LogP contribution >= 0.6 is 0 Å². The molecule has 0 spiro atoms. The van der Waals surface area contributed by atoms with Gasteiger partial charge in [0.1, 0.15) is 5.75 Å². The molecule has 1 N–H and O–H groups in total. The zero-order valence-electron chi connectivity index (χ0n) is 11.6. The molecular formula is C18H14N2O. The van der Waals surface area contributed by atoms with Gasteiger partial charge in [0.15, 0.2) is 0 Å². The number of phenolic OH excluding ortho intramolecular Hbond substituents is 1. The van der Waals surface area contributed by atoms with E-state index in [1.165, 1.54) is 10.8 Å². The van der Waals surface area contributed by atoms with Gasteiger partial charge in [-0.2, -0.15) is 5.10 Å². The molecule has 3 nitrogen and oxygen atoms in total. The lowest BCUT2D eigenvalue weighted by Gasteiger charge is -2.09. The summed E-state index contributed by atoms with van der Waals surface area (Å²) in [5.41, 5.74) is 3.35. The highest BCUT2D eigenvalue weighted by atomic mass is 16.3. The largest absolute Gasteiger partial charge is 0.508 e. The minimum Gasteiger partial charge on any atom is -0.508 e. The van der Waals surface area contributed by atoms with Gasteiger partial charge >= 0.3 is 0 Å². The van der Waals surface area contributed by atoms with Crippen molar-refractivity contribution in [2.24, 2.45) is 7.05 Å². The van der Waals surface area contributed by atoms with E-state index in [0.717, 1.165) is 22.0 Å². The third kappa shape index (κ3) is 1.78. The number of phenols is 1. The van der Waals surface area contributed by atoms with Crippen molar-refractivity contribution in [2.45, 2.75) is 0 Å². The fraction of sp³-hybridized carbons (Fsp3) is 0.0556. The summed E-state index contributed by atoms with van der Waals surface area (Å²) >= 11 is 0. The van der Waals surface area contributed by atoms with Crippen LogP contribution in [0.1, 0.15) is 0 Å². The highest BCUT2D eigenvalue weighted by molar-refractivity contribution is 6.12. The normalized spacial score (nSPS) is 11.3. The van der Waals surface area contributed by atoms with Crippen molar-refractivity contribution < 1.29 is 5.11 Å². The highest BCUT2D eigenvalue weighted by Crippen LogP contribution is 2.35. The average molecular weight is 274 g/mol. The summed E-state index contributed by atoms with van der Waals surface area (Å²) in [7, 11) is 1.96. The molecule has 0 fully saturated rings. The summed E-state index contributed by atoms with van der Waals surface area (Å²) in [6.07, 6.45) is 1.91. The predicted molar refractivity (Wildman–Crippen MR) is 85.3 cm³/mol. The third-order valence-corrected chi connectivity index (χ3v) is 3.95. The number of benzene rings is 3. The second-order valence-corrected chi connectivity index (χ2v) is 5.22. The van der Waals surface area contributed by atoms with E-state index in [1.54, 1.807) is 12.1 Å². The summed E-state index contributed by atoms with van der Waals surface area (Å²) in [6, 6.07) is 17.8. The van der Waals surface area contributed by atoms with Crippen LogP contribution < -0.4 is 0 Å². The molecule has 0 aliphatic carbocycles. The van der Waals surface area contributed by atoms with Crippen LogP contribution in [-0.2, 0) is 7.05 Å². The van der Waals surface area contributed by atoms with Gasteiger partial charge in [0.2, 0.25) is 0 Å². The Morgan fingerprint density at radius 2 is 1.62 bits per heavy atom. The summed E-state index contributed by atoms with van der Waals surface area (Å²) in [6.45, 7) is 0. The molecule has 0 aliphatic heterocycles. The van der Waals surface area contributed by atoms with Gasteiger partial charge in [-0.05, 0) is 40.1 Å². The third-order valence-electron chi connectivity index (χ3n) is 3.95. The molecule has 3 aromatic carbocycles. The quantitative estimate of drug-likeness (QED) is 0.567. The fourth-order valence-electron chi connectivity index (χ4n) is 2.87. The Bertz CT molecular complexity index is 952. The lowest BCUT2D eigenvalue weighted by molar-refractivity contribution is 0.475. The molecular weight excluding hydrogens is 260 g/mol. The standard InChI is InChI=1S/C18H14N2O/c1-20-18-10-16(12-6-8-13(21)9-7-12)14-4-2-3-5-15(14)17(18)11-19-20/h2-11,21H,1H3. The van der Waals surface area contributed by atoms with Gasteiger partial charge < -0.3 is 5.11 Å². The second-order valence-electron chi connectivity index (χ2n) is 5.22. The monoisotopic (exact) mass is 274 g/mol. The topological polar surface area (TPSA) is 38.0 Å². The first-order chi connectivity index (χ1) is 10.2. The van der Waals surface area contributed by atoms with Crippen molar-refractivity contribution in [1.82, 2.24) is 9.78 Å². The number of nitrogens with zero attached hydrogens (tertiary/aromatic N) is 2. The summed E-state index contributed by atoms with van der Waals surface area (Å²) in [5, 5.41) is 17.4. The first-order valence-corrected chi connectivity index (χ1v) is 6.87. The van der Waals surface area contributed by atoms with Crippen LogP contribution in [0.15, 0.2) is 60.8 Å². The van der Waals surface area contributed by atoms with E-state index in [1.807, 2.05) is 30.1 Å². The molecule has 102 valence electrons. The summed E-state index contributed by atoms with van der Waals surface area (Å²) < 4.78 is 1.89. The van der Waals surface area contributed by atoms with Crippen LogP contribution in [-0.4, -0.2) is 14.9 Å². The smallest absolute Gasteiger partial charge is 0.115 e. The molecule has 4 rings (SSSR count). The Morgan fingerprint density at radius 1 is 0.905 bits per heavy atom. The molecule has 0 atom stereocenters. The number of hydrogen-bond donors (Lipinski definition) is 1. The van der Waals surface area contributed by atoms with Crippen molar-refractivity contribution >= 4 is 21.7 Å². The molecule has 4 aromatic rings. The zero-order chi connectivity index (χ0) is 14.4. The Balaban J connectivity index is 2.15. The van der Waals surface area contributed by atoms with E-state index in [4.69, 9.17) is 0 Å². The number of aromatic nitrogens is 2. The van der Waals surface area contributed by atoms with Crippen LogP contribution in [0.4, 0.5) is 0 Å². The Labute approximate surface area is 122 Å². The number of fused-ring (bicyclic) bond motifs is 3. The van der Waals surface area contributed by atoms with E-state index < -0.39 is 0 Å². The lowest BCUT2D eigenvalue weighted by atomic mass is 9.96. The van der Waals surface area contributed by atoms with Gasteiger partial charge in [-0.25, -0.2) is 0 Å². The van der Waals surface area contributed by atoms with E-state index in [9.17, 15) is 5.11 Å². The van der Waals surface area contributed by atoms with E-state index in [-0.39, 0.29) is 5.75 Å². The Kier molecular flexibility index (Phi) is 2.48. The van der Waals surface area contributed by atoms with E-state index >= 15 is 0 Å². The average Bonchev–Trinajstić information content (AvgIpc) is 2.89. The summed E-state index contributed by atoms with van der Waals surface area (Å²) in [4.78, 5) is 0. The number of aromatic hydroxyl groups is 1. The van der Waals surface area contributed by atoms with Gasteiger partial charge in [-0.1, -0.05) is 36.4 Å². The Hall–Kier alpha value is -2.81. The Morgan fingerprint density at radius 3 is 2.38 bits per heavy atom. The fourth-order valence-corrected chi connectivity index (χ4v) is 2.87. The van der Waals surface area contributed by atoms with Crippen LogP contribution in [0.25, 0.3) is 32.8 Å². The molecule has 1 aromatic heterocycles. The van der Waals surface area contributed by atoms with Crippen molar-refractivity contribution in [1.29, 1.82) is 0 Å². The SMILES string of the molecule is Cn1ncc2c3ccccc3c(-c3ccc(O)cc3)cc21. The van der Waals surface area contributed by atoms with Crippen LogP contribution in [0.2, 0.25) is 0 Å². The van der Waals surface area contributed by atoms with Crippen molar-refractivity contribution in [3.05, 3.63) is 60.8 Å². The van der Waals surface area contributed by atoms with Gasteiger partial charge in [0.05, 0.1) is 11.7 Å². The minimum absolute atomic E-state index is 0.282. The van der Waals surface area contributed by atoms with Crippen LogP contribution in [0, 0.1) is 0 Å². The number of rotatable bonds is 1. The molecule has 0 bridgehead atoms. The van der Waals surface area contributed by atoms with Crippen LogP contribution in [0.3, 0.4) is 0 Å². The van der Waals surface area contributed by atoms with Crippen LogP contribution in [0.5, 0.6) is 5.75 Å². The lowest BCUT2D eigenvalue weighted by Crippen LogP contribution is -1.90. The predicted octanol–water partition coefficient (Wildman–Crippen LogP) is 4.10. The van der Waals surface area contributed by atoms with Gasteiger partial charge in [-0.15, -0.1) is 0 Å². The maximum atomic E-state index is 9.49. The van der Waals surface area contributed by atoms with E-state index in [2.05, 4.69) is 35.4 Å². The molecule has 0 amide bonds. The minimum atomic E-state index is 0.282. The molecule has 0 unspecified atom stereocenters. The first-order valence-electron chi connectivity index (χ1n) is 6.87. The molecule has 21 heavy (non-hydrogen) atoms. The molecule has 0 saturated carbocycles. The van der Waals surface area contributed by atoms with E-state index in [0.29, 0.717) is 0 Å². The second kappa shape index (κ2) is 4.35. The van der Waals surface area contributed by atoms with Crippen molar-refractivity contribution in [3.8, 4) is 16.9 Å². The van der Waals surface area contributed by atoms with Gasteiger partial charge in [-0.3, -0.25) is 4.68 Å². The van der Waals surface area contributed by atoms with Crippen molar-refractivity contribution in [2.75, 3.05) is 0 Å². The van der Waals surface area contributed by atoms with Gasteiger partial charge in [0, 0.05) is 12.4 Å².